The molecule has 1 saturated heterocycles. The predicted molar refractivity (Wildman–Crippen MR) is 116 cm³/mol. The first-order valence-corrected chi connectivity index (χ1v) is 12.8. The molecule has 0 saturated carbocycles. The van der Waals surface area contributed by atoms with Gasteiger partial charge in [0, 0.05) is 22.8 Å². The number of rotatable bonds is 5. The van der Waals surface area contributed by atoms with Crippen LogP contribution in [0.2, 0.25) is 10.0 Å². The lowest BCUT2D eigenvalue weighted by atomic mass is 10.0. The van der Waals surface area contributed by atoms with Gasteiger partial charge < -0.3 is 0 Å². The second-order valence-corrected chi connectivity index (χ2v) is 11.5. The zero-order valence-corrected chi connectivity index (χ0v) is 19.1. The molecule has 158 valence electrons. The fraction of sp³-hybridized carbons (Fsp3) is 0.368. The summed E-state index contributed by atoms with van der Waals surface area (Å²) in [5, 5.41) is 0.273. The van der Waals surface area contributed by atoms with Crippen molar-refractivity contribution in [1.29, 1.82) is 0 Å². The number of piperidine rings is 1. The molecule has 1 aliphatic heterocycles. The molecule has 6 nitrogen and oxygen atoms in total. The van der Waals surface area contributed by atoms with Crippen LogP contribution in [0.15, 0.2) is 52.3 Å². The third-order valence-electron chi connectivity index (χ3n) is 4.98. The molecular weight excluding hydrogens is 455 g/mol. The smallest absolute Gasteiger partial charge is 0.263 e. The Kier molecular flexibility index (Phi) is 6.50. The molecule has 0 spiro atoms. The van der Waals surface area contributed by atoms with E-state index in [1.165, 1.54) is 42.5 Å². The Morgan fingerprint density at radius 3 is 2.10 bits per heavy atom. The minimum absolute atomic E-state index is 0.0363. The van der Waals surface area contributed by atoms with E-state index in [0.717, 1.165) is 19.3 Å². The average molecular weight is 477 g/mol. The summed E-state index contributed by atoms with van der Waals surface area (Å²) in [6, 6.07) is 9.63. The number of anilines is 1. The van der Waals surface area contributed by atoms with Crippen LogP contribution in [-0.2, 0) is 20.0 Å². The number of sulfonamides is 2. The van der Waals surface area contributed by atoms with Gasteiger partial charge in [-0.1, -0.05) is 29.6 Å². The highest BCUT2D eigenvalue weighted by Gasteiger charge is 2.35. The van der Waals surface area contributed by atoms with E-state index in [-0.39, 0.29) is 37.6 Å². The van der Waals surface area contributed by atoms with Crippen molar-refractivity contribution in [3.8, 4) is 0 Å². The Balaban J connectivity index is 1.86. The highest BCUT2D eigenvalue weighted by molar-refractivity contribution is 7.92. The van der Waals surface area contributed by atoms with E-state index in [0.29, 0.717) is 0 Å². The van der Waals surface area contributed by atoms with Crippen molar-refractivity contribution in [1.82, 2.24) is 4.31 Å². The van der Waals surface area contributed by atoms with E-state index < -0.39 is 20.0 Å². The molecule has 1 N–H and O–H groups in total. The van der Waals surface area contributed by atoms with Crippen molar-refractivity contribution < 1.29 is 16.8 Å². The topological polar surface area (TPSA) is 83.6 Å². The van der Waals surface area contributed by atoms with E-state index in [9.17, 15) is 16.8 Å². The molecule has 0 aromatic heterocycles. The Hall–Kier alpha value is -1.32. The van der Waals surface area contributed by atoms with E-state index in [4.69, 9.17) is 23.2 Å². The largest absolute Gasteiger partial charge is 0.280 e. The maximum Gasteiger partial charge on any atom is 0.263 e. The lowest BCUT2D eigenvalue weighted by molar-refractivity contribution is 0.204. The minimum Gasteiger partial charge on any atom is -0.280 e. The van der Waals surface area contributed by atoms with Crippen LogP contribution < -0.4 is 4.72 Å². The second-order valence-electron chi connectivity index (χ2n) is 7.17. The molecule has 1 fully saturated rings. The Bertz CT molecular complexity index is 1090. The first-order chi connectivity index (χ1) is 13.5. The first kappa shape index (κ1) is 22.4. The molecule has 10 heteroatoms. The van der Waals surface area contributed by atoms with Crippen molar-refractivity contribution >= 4 is 48.9 Å². The van der Waals surface area contributed by atoms with Crippen LogP contribution in [-0.4, -0.2) is 33.2 Å². The number of benzene rings is 2. The molecule has 2 aromatic carbocycles. The van der Waals surface area contributed by atoms with E-state index in [1.807, 2.05) is 13.8 Å². The molecule has 1 heterocycles. The molecule has 1 aliphatic rings. The number of hydrogen-bond acceptors (Lipinski definition) is 4. The lowest BCUT2D eigenvalue weighted by Gasteiger charge is -2.37. The van der Waals surface area contributed by atoms with Gasteiger partial charge in [0.25, 0.3) is 10.0 Å². The number of nitrogens with one attached hydrogen (secondary N) is 1. The summed E-state index contributed by atoms with van der Waals surface area (Å²) in [5.74, 6) is 0. The molecule has 29 heavy (non-hydrogen) atoms. The van der Waals surface area contributed by atoms with E-state index >= 15 is 0 Å². The summed E-state index contributed by atoms with van der Waals surface area (Å²) in [7, 11) is -7.65. The summed E-state index contributed by atoms with van der Waals surface area (Å²) in [5.41, 5.74) is 0.222. The van der Waals surface area contributed by atoms with Crippen molar-refractivity contribution in [3.05, 3.63) is 52.5 Å². The third-order valence-corrected chi connectivity index (χ3v) is 9.22. The quantitative estimate of drug-likeness (QED) is 0.674. The van der Waals surface area contributed by atoms with Crippen LogP contribution in [0.5, 0.6) is 0 Å². The van der Waals surface area contributed by atoms with Gasteiger partial charge in [0.2, 0.25) is 10.0 Å². The fourth-order valence-corrected chi connectivity index (χ4v) is 7.29. The zero-order valence-electron chi connectivity index (χ0n) is 16.0. The Morgan fingerprint density at radius 1 is 0.931 bits per heavy atom. The van der Waals surface area contributed by atoms with Crippen molar-refractivity contribution in [2.24, 2.45) is 0 Å². The molecule has 2 aromatic rings. The van der Waals surface area contributed by atoms with Crippen LogP contribution in [0, 0.1) is 0 Å². The summed E-state index contributed by atoms with van der Waals surface area (Å²) in [6.45, 7) is 3.81. The van der Waals surface area contributed by atoms with Gasteiger partial charge in [-0.25, -0.2) is 16.8 Å². The van der Waals surface area contributed by atoms with Gasteiger partial charge in [0.1, 0.15) is 4.90 Å². The Labute approximate surface area is 181 Å². The lowest BCUT2D eigenvalue weighted by Crippen LogP contribution is -2.47. The summed E-state index contributed by atoms with van der Waals surface area (Å²) >= 11 is 11.9. The van der Waals surface area contributed by atoms with Crippen LogP contribution >= 0.6 is 23.2 Å². The third kappa shape index (κ3) is 4.72. The molecule has 0 bridgehead atoms. The number of hydrogen-bond donors (Lipinski definition) is 1. The highest BCUT2D eigenvalue weighted by Crippen LogP contribution is 2.31. The molecule has 2 atom stereocenters. The van der Waals surface area contributed by atoms with Crippen LogP contribution in [0.1, 0.15) is 33.1 Å². The maximum atomic E-state index is 13.1. The van der Waals surface area contributed by atoms with Crippen LogP contribution in [0.3, 0.4) is 0 Å². The number of halogens is 2. The Morgan fingerprint density at radius 2 is 1.52 bits per heavy atom. The van der Waals surface area contributed by atoms with Gasteiger partial charge in [-0.05, 0) is 69.2 Å². The molecule has 2 unspecified atom stereocenters. The normalized spacial score (nSPS) is 21.1. The van der Waals surface area contributed by atoms with Gasteiger partial charge in [-0.15, -0.1) is 0 Å². The van der Waals surface area contributed by atoms with E-state index in [1.54, 1.807) is 4.31 Å². The van der Waals surface area contributed by atoms with Gasteiger partial charge in [-0.2, -0.15) is 4.31 Å². The van der Waals surface area contributed by atoms with Crippen molar-refractivity contribution in [3.63, 3.8) is 0 Å². The molecule has 0 radical (unpaired) electrons. The monoisotopic (exact) mass is 476 g/mol. The first-order valence-electron chi connectivity index (χ1n) is 9.14. The predicted octanol–water partition coefficient (Wildman–Crippen LogP) is 4.75. The zero-order chi connectivity index (χ0) is 21.4. The summed E-state index contributed by atoms with van der Waals surface area (Å²) < 4.78 is 55.3. The molecule has 3 rings (SSSR count). The van der Waals surface area contributed by atoms with Gasteiger partial charge in [0.05, 0.1) is 9.92 Å². The highest BCUT2D eigenvalue weighted by atomic mass is 35.5. The van der Waals surface area contributed by atoms with Crippen LogP contribution in [0.25, 0.3) is 0 Å². The molecule has 0 amide bonds. The van der Waals surface area contributed by atoms with Gasteiger partial charge in [-0.3, -0.25) is 4.72 Å². The van der Waals surface area contributed by atoms with E-state index in [2.05, 4.69) is 4.72 Å². The second kappa shape index (κ2) is 8.43. The summed E-state index contributed by atoms with van der Waals surface area (Å²) in [6.07, 6.45) is 2.64. The molecular formula is C19H22Cl2N2O4S2. The fourth-order valence-electron chi connectivity index (χ4n) is 3.58. The van der Waals surface area contributed by atoms with Crippen LogP contribution in [0.4, 0.5) is 5.69 Å². The minimum atomic E-state index is -3.98. The van der Waals surface area contributed by atoms with Gasteiger partial charge >= 0.3 is 0 Å². The maximum absolute atomic E-state index is 13.1. The molecule has 0 aliphatic carbocycles. The number of nitrogens with zero attached hydrogens (tertiary/aromatic N) is 1. The average Bonchev–Trinajstić information content (AvgIpc) is 2.63. The van der Waals surface area contributed by atoms with Gasteiger partial charge in [0.15, 0.2) is 0 Å². The SMILES string of the molecule is CC1CCCC(C)N1S(=O)(=O)c1ccc(NS(=O)(=O)c2cc(Cl)ccc2Cl)cc1. The van der Waals surface area contributed by atoms with Crippen molar-refractivity contribution in [2.75, 3.05) is 4.72 Å². The standard InChI is InChI=1S/C19H22Cl2N2O4S2/c1-13-4-3-5-14(2)23(13)29(26,27)17-9-7-16(8-10-17)22-28(24,25)19-12-15(20)6-11-18(19)21/h6-14,22H,3-5H2,1-2H3. The summed E-state index contributed by atoms with van der Waals surface area (Å²) in [4.78, 5) is -0.0267. The van der Waals surface area contributed by atoms with Crippen molar-refractivity contribution in [2.45, 2.75) is 55.0 Å².